The molecule has 2 atom stereocenters. The van der Waals surface area contributed by atoms with Crippen molar-refractivity contribution in [3.05, 3.63) is 30.6 Å². The summed E-state index contributed by atoms with van der Waals surface area (Å²) in [5.74, 6) is 1.03. The molecule has 0 spiro atoms. The fourth-order valence-electron chi connectivity index (χ4n) is 3.29. The number of hydrogen-bond acceptors (Lipinski definition) is 3. The van der Waals surface area contributed by atoms with Crippen LogP contribution in [0.15, 0.2) is 35.0 Å². The number of fused-ring (bicyclic) bond motifs is 3. The molecule has 3 heterocycles. The molecule has 0 aliphatic carbocycles. The number of hydrogen-bond donors (Lipinski definition) is 1. The molecular formula is C16H18N3O+. The molecule has 0 radical (unpaired) electrons. The topological polar surface area (TPSA) is 43.4 Å². The van der Waals surface area contributed by atoms with E-state index in [9.17, 15) is 0 Å². The van der Waals surface area contributed by atoms with Crippen LogP contribution < -0.4 is 4.90 Å². The molecule has 0 saturated carbocycles. The predicted octanol–water partition coefficient (Wildman–Crippen LogP) is 2.46. The molecule has 4 rings (SSSR count). The van der Waals surface area contributed by atoms with Crippen molar-refractivity contribution < 1.29 is 9.32 Å². The van der Waals surface area contributed by atoms with Gasteiger partial charge in [0.05, 0.1) is 12.6 Å². The van der Waals surface area contributed by atoms with Gasteiger partial charge in [0.2, 0.25) is 5.58 Å². The van der Waals surface area contributed by atoms with E-state index in [1.807, 2.05) is 18.2 Å². The van der Waals surface area contributed by atoms with Gasteiger partial charge in [-0.05, 0) is 38.3 Å². The van der Waals surface area contributed by atoms with Gasteiger partial charge in [0.15, 0.2) is 0 Å². The van der Waals surface area contributed by atoms with E-state index >= 15 is 0 Å². The number of piperidine rings is 1. The Labute approximate surface area is 117 Å². The molecule has 2 aromatic heterocycles. The average Bonchev–Trinajstić information content (AvgIpc) is 2.86. The van der Waals surface area contributed by atoms with E-state index in [2.05, 4.69) is 23.0 Å². The summed E-state index contributed by atoms with van der Waals surface area (Å²) >= 11 is 0. The van der Waals surface area contributed by atoms with Gasteiger partial charge >= 0.3 is 0 Å². The molecule has 20 heavy (non-hydrogen) atoms. The fraction of sp³-hybridized carbons (Fsp3) is 0.375. The van der Waals surface area contributed by atoms with Gasteiger partial charge in [-0.15, -0.1) is 0 Å². The van der Waals surface area contributed by atoms with Gasteiger partial charge in [-0.3, -0.25) is 4.90 Å². The van der Waals surface area contributed by atoms with Crippen LogP contribution in [0.4, 0.5) is 5.82 Å². The standard InChI is InChI=1S/C16H17N3O/c1-11-6-4-5-9-19(11)16-15-14(17-10-18-16)12-7-2-3-8-13(12)20-15/h2-3,7-8,10-11H,4-6,9H2,1H3/p+1. The molecule has 1 aliphatic heterocycles. The van der Waals surface area contributed by atoms with E-state index in [4.69, 9.17) is 4.42 Å². The van der Waals surface area contributed by atoms with Crippen molar-refractivity contribution in [2.24, 2.45) is 0 Å². The summed E-state index contributed by atoms with van der Waals surface area (Å²) in [6.45, 7) is 3.43. The lowest BCUT2D eigenvalue weighted by Crippen LogP contribution is -3.12. The van der Waals surface area contributed by atoms with Crippen molar-refractivity contribution in [2.45, 2.75) is 32.2 Å². The Morgan fingerprint density at radius 1 is 1.20 bits per heavy atom. The molecule has 0 amide bonds. The maximum atomic E-state index is 6.04. The molecule has 1 aromatic carbocycles. The maximum absolute atomic E-state index is 6.04. The largest absolute Gasteiger partial charge is 0.446 e. The first-order valence-corrected chi connectivity index (χ1v) is 7.33. The van der Waals surface area contributed by atoms with Gasteiger partial charge in [-0.1, -0.05) is 12.1 Å². The first-order valence-electron chi connectivity index (χ1n) is 7.33. The molecule has 1 fully saturated rings. The molecule has 4 nitrogen and oxygen atoms in total. The third-order valence-electron chi connectivity index (χ3n) is 4.39. The Bertz CT molecular complexity index is 765. The lowest BCUT2D eigenvalue weighted by Gasteiger charge is -2.28. The second kappa shape index (κ2) is 4.56. The van der Waals surface area contributed by atoms with E-state index in [0.717, 1.165) is 34.4 Å². The fourth-order valence-corrected chi connectivity index (χ4v) is 3.29. The highest BCUT2D eigenvalue weighted by atomic mass is 16.3. The third-order valence-corrected chi connectivity index (χ3v) is 4.39. The quantitative estimate of drug-likeness (QED) is 0.737. The van der Waals surface area contributed by atoms with E-state index in [0.29, 0.717) is 6.04 Å². The third kappa shape index (κ3) is 1.72. The summed E-state index contributed by atoms with van der Waals surface area (Å²) in [4.78, 5) is 10.4. The minimum absolute atomic E-state index is 0.593. The molecule has 4 heteroatoms. The number of quaternary nitrogens is 1. The van der Waals surface area contributed by atoms with E-state index in [1.54, 1.807) is 6.33 Å². The number of nitrogens with one attached hydrogen (secondary N) is 1. The molecular weight excluding hydrogens is 250 g/mol. The van der Waals surface area contributed by atoms with Crippen LogP contribution in [0.3, 0.4) is 0 Å². The van der Waals surface area contributed by atoms with Crippen LogP contribution in [0, 0.1) is 0 Å². The zero-order valence-electron chi connectivity index (χ0n) is 11.6. The predicted molar refractivity (Wildman–Crippen MR) is 78.1 cm³/mol. The highest BCUT2D eigenvalue weighted by molar-refractivity contribution is 6.04. The van der Waals surface area contributed by atoms with Crippen LogP contribution in [-0.4, -0.2) is 22.6 Å². The summed E-state index contributed by atoms with van der Waals surface area (Å²) in [7, 11) is 0. The molecule has 1 saturated heterocycles. The van der Waals surface area contributed by atoms with Crippen molar-refractivity contribution in [1.82, 2.24) is 9.97 Å². The summed E-state index contributed by atoms with van der Waals surface area (Å²) in [5.41, 5.74) is 2.70. The second-order valence-electron chi connectivity index (χ2n) is 5.67. The number of benzene rings is 1. The molecule has 1 N–H and O–H groups in total. The summed E-state index contributed by atoms with van der Waals surface area (Å²) < 4.78 is 6.04. The van der Waals surface area contributed by atoms with Crippen molar-refractivity contribution in [3.63, 3.8) is 0 Å². The zero-order valence-corrected chi connectivity index (χ0v) is 11.6. The summed E-state index contributed by atoms with van der Waals surface area (Å²) in [6.07, 6.45) is 5.50. The van der Waals surface area contributed by atoms with Crippen molar-refractivity contribution >= 4 is 27.9 Å². The molecule has 1 aliphatic rings. The van der Waals surface area contributed by atoms with Crippen LogP contribution in [0.5, 0.6) is 0 Å². The Kier molecular flexibility index (Phi) is 2.70. The smallest absolute Gasteiger partial charge is 0.273 e. The Hall–Kier alpha value is -1.94. The highest BCUT2D eigenvalue weighted by Crippen LogP contribution is 2.29. The molecule has 3 aromatic rings. The first kappa shape index (κ1) is 11.9. The van der Waals surface area contributed by atoms with Crippen molar-refractivity contribution in [3.8, 4) is 0 Å². The van der Waals surface area contributed by atoms with E-state index < -0.39 is 0 Å². The SMILES string of the molecule is CC1CCCC[NH+]1c1ncnc2c1oc1ccccc12. The monoisotopic (exact) mass is 268 g/mol. The van der Waals surface area contributed by atoms with Crippen LogP contribution >= 0.6 is 0 Å². The zero-order chi connectivity index (χ0) is 13.5. The maximum Gasteiger partial charge on any atom is 0.273 e. The van der Waals surface area contributed by atoms with Crippen LogP contribution in [0.1, 0.15) is 26.2 Å². The number of nitrogens with zero attached hydrogens (tertiary/aromatic N) is 2. The number of rotatable bonds is 1. The highest BCUT2D eigenvalue weighted by Gasteiger charge is 2.29. The van der Waals surface area contributed by atoms with Crippen molar-refractivity contribution in [1.29, 1.82) is 0 Å². The Morgan fingerprint density at radius 2 is 2.10 bits per heavy atom. The van der Waals surface area contributed by atoms with E-state index in [-0.39, 0.29) is 0 Å². The number of para-hydroxylation sites is 1. The van der Waals surface area contributed by atoms with Gasteiger partial charge in [0.25, 0.3) is 5.82 Å². The Morgan fingerprint density at radius 3 is 3.00 bits per heavy atom. The minimum atomic E-state index is 0.593. The minimum Gasteiger partial charge on any atom is -0.446 e. The van der Waals surface area contributed by atoms with E-state index in [1.165, 1.54) is 24.2 Å². The van der Waals surface area contributed by atoms with Crippen LogP contribution in [-0.2, 0) is 0 Å². The van der Waals surface area contributed by atoms with Gasteiger partial charge in [-0.2, -0.15) is 4.98 Å². The van der Waals surface area contributed by atoms with Gasteiger partial charge < -0.3 is 4.42 Å². The number of aromatic nitrogens is 2. The molecule has 102 valence electrons. The summed E-state index contributed by atoms with van der Waals surface area (Å²) in [6, 6.07) is 8.67. The van der Waals surface area contributed by atoms with Gasteiger partial charge in [0.1, 0.15) is 17.4 Å². The lowest BCUT2D eigenvalue weighted by atomic mass is 10.0. The van der Waals surface area contributed by atoms with Gasteiger partial charge in [0, 0.05) is 5.39 Å². The van der Waals surface area contributed by atoms with Crippen LogP contribution in [0.2, 0.25) is 0 Å². The lowest BCUT2D eigenvalue weighted by molar-refractivity contribution is -0.865. The second-order valence-corrected chi connectivity index (χ2v) is 5.67. The molecule has 0 bridgehead atoms. The van der Waals surface area contributed by atoms with Crippen LogP contribution in [0.25, 0.3) is 22.1 Å². The number of furan rings is 1. The molecule has 2 unspecified atom stereocenters. The van der Waals surface area contributed by atoms with Crippen molar-refractivity contribution in [2.75, 3.05) is 6.54 Å². The first-order chi connectivity index (χ1) is 9.84. The Balaban J connectivity index is 1.95. The normalized spacial score (nSPS) is 23.4. The average molecular weight is 268 g/mol. The van der Waals surface area contributed by atoms with Gasteiger partial charge in [-0.25, -0.2) is 4.98 Å². The summed E-state index contributed by atoms with van der Waals surface area (Å²) in [5, 5.41) is 1.08.